The van der Waals surface area contributed by atoms with Crippen LogP contribution in [0.15, 0.2) is 70.6 Å². The Morgan fingerprint density at radius 2 is 1.47 bits per heavy atom. The van der Waals surface area contributed by atoms with Crippen LogP contribution in [0.1, 0.15) is 24.5 Å². The number of hydrogen-bond acceptors (Lipinski definition) is 9. The van der Waals surface area contributed by atoms with Crippen LogP contribution in [0.2, 0.25) is 0 Å². The number of rotatable bonds is 8. The van der Waals surface area contributed by atoms with Crippen LogP contribution < -0.4 is 0 Å². The maximum atomic E-state index is 16.3. The van der Waals surface area contributed by atoms with Crippen molar-refractivity contribution in [3.8, 4) is 0 Å². The van der Waals surface area contributed by atoms with Gasteiger partial charge in [0.05, 0.1) is 22.8 Å². The van der Waals surface area contributed by atoms with Crippen molar-refractivity contribution in [2.45, 2.75) is 61.1 Å². The molecule has 0 unspecified atom stereocenters. The summed E-state index contributed by atoms with van der Waals surface area (Å²) in [6.45, 7) is 3.68. The van der Waals surface area contributed by atoms with E-state index in [4.69, 9.17) is 13.1 Å². The lowest BCUT2D eigenvalue weighted by atomic mass is 9.97. The first kappa shape index (κ1) is 28.0. The summed E-state index contributed by atoms with van der Waals surface area (Å²) in [5, 5.41) is 0. The van der Waals surface area contributed by atoms with Crippen molar-refractivity contribution in [3.05, 3.63) is 71.9 Å². The Morgan fingerprint density at radius 1 is 0.947 bits per heavy atom. The fraction of sp³-hybridized carbons (Fsp3) is 0.360. The van der Waals surface area contributed by atoms with Gasteiger partial charge in [0, 0.05) is 6.20 Å². The third kappa shape index (κ3) is 5.71. The summed E-state index contributed by atoms with van der Waals surface area (Å²) < 4.78 is 83.9. The second-order valence-electron chi connectivity index (χ2n) is 9.27. The van der Waals surface area contributed by atoms with Crippen molar-refractivity contribution in [1.82, 2.24) is 4.90 Å². The number of halogens is 1. The van der Waals surface area contributed by atoms with Crippen molar-refractivity contribution in [2.24, 2.45) is 0 Å². The number of ether oxygens (including phenoxy) is 1. The smallest absolute Gasteiger partial charge is 0.297 e. The Balaban J connectivity index is 1.65. The first-order chi connectivity index (χ1) is 17.7. The van der Waals surface area contributed by atoms with E-state index in [0.29, 0.717) is 0 Å². The van der Waals surface area contributed by atoms with Crippen molar-refractivity contribution in [2.75, 3.05) is 6.61 Å². The summed E-state index contributed by atoms with van der Waals surface area (Å²) in [6.07, 6.45) is -3.66. The van der Waals surface area contributed by atoms with Crippen LogP contribution in [0, 0.1) is 13.8 Å². The van der Waals surface area contributed by atoms with E-state index < -0.39 is 69.1 Å². The molecule has 2 aromatic rings. The van der Waals surface area contributed by atoms with E-state index in [0.717, 1.165) is 35.2 Å². The lowest BCUT2D eigenvalue weighted by molar-refractivity contribution is -0.150. The molecular formula is C25H26FNO9S2. The Hall–Kier alpha value is -2.97. The van der Waals surface area contributed by atoms with Gasteiger partial charge in [0.1, 0.15) is 12.2 Å². The quantitative estimate of drug-likeness (QED) is 0.349. The first-order valence-corrected chi connectivity index (χ1v) is 14.3. The van der Waals surface area contributed by atoms with Gasteiger partial charge in [0.2, 0.25) is 5.91 Å². The number of carbonyl (C=O) groups is 2. The molecule has 0 aromatic heterocycles. The van der Waals surface area contributed by atoms with Gasteiger partial charge in [-0.1, -0.05) is 35.4 Å². The summed E-state index contributed by atoms with van der Waals surface area (Å²) in [7, 11) is -8.89. The fourth-order valence-electron chi connectivity index (χ4n) is 4.08. The standard InChI is InChI=1S/C25H26FNO9S2/c1-16-4-8-19(9-5-16)37(30,31)34-15-21-23(36-38(32,33)20-10-6-17(2)7-11-20)25(3,26)24(35-21)27-13-12-18(28)14-22(27)29/h4-13,21,23-24H,14-15H2,1-3H3/t21-,23-,24-,25-/m1/s1. The normalized spacial score (nSPS) is 26.2. The van der Waals surface area contributed by atoms with Gasteiger partial charge in [-0.3, -0.25) is 22.9 Å². The highest BCUT2D eigenvalue weighted by Crippen LogP contribution is 2.41. The number of nitrogens with zero attached hydrogens (tertiary/aromatic N) is 1. The molecule has 4 atom stereocenters. The number of amides is 1. The molecule has 0 aliphatic carbocycles. The van der Waals surface area contributed by atoms with Gasteiger partial charge in [0.25, 0.3) is 20.2 Å². The fourth-order valence-corrected chi connectivity index (χ4v) is 6.16. The third-order valence-corrected chi connectivity index (χ3v) is 8.81. The van der Waals surface area contributed by atoms with Gasteiger partial charge in [-0.25, -0.2) is 4.39 Å². The molecule has 2 heterocycles. The number of aryl methyl sites for hydroxylation is 2. The Bertz CT molecular complexity index is 1470. The minimum Gasteiger partial charge on any atom is -0.346 e. The predicted octanol–water partition coefficient (Wildman–Crippen LogP) is 2.55. The zero-order valence-electron chi connectivity index (χ0n) is 20.7. The van der Waals surface area contributed by atoms with Crippen LogP contribution in [0.3, 0.4) is 0 Å². The molecule has 2 aliphatic heterocycles. The van der Waals surface area contributed by atoms with Gasteiger partial charge in [-0.15, -0.1) is 0 Å². The summed E-state index contributed by atoms with van der Waals surface area (Å²) in [5.41, 5.74) is -1.08. The predicted molar refractivity (Wildman–Crippen MR) is 131 cm³/mol. The number of allylic oxidation sites excluding steroid dienone is 1. The number of ketones is 1. The van der Waals surface area contributed by atoms with Crippen molar-refractivity contribution >= 4 is 31.9 Å². The molecule has 2 aliphatic rings. The molecule has 204 valence electrons. The highest BCUT2D eigenvalue weighted by Gasteiger charge is 2.60. The largest absolute Gasteiger partial charge is 0.346 e. The van der Waals surface area contributed by atoms with Gasteiger partial charge < -0.3 is 4.74 Å². The number of carbonyl (C=O) groups excluding carboxylic acids is 2. The van der Waals surface area contributed by atoms with E-state index >= 15 is 4.39 Å². The van der Waals surface area contributed by atoms with Crippen LogP contribution in [0.5, 0.6) is 0 Å². The van der Waals surface area contributed by atoms with E-state index in [1.807, 2.05) is 0 Å². The van der Waals surface area contributed by atoms with Crippen molar-refractivity contribution in [1.29, 1.82) is 0 Å². The molecule has 4 rings (SSSR count). The molecule has 0 spiro atoms. The monoisotopic (exact) mass is 567 g/mol. The molecule has 1 saturated heterocycles. The summed E-state index contributed by atoms with van der Waals surface area (Å²) in [5.74, 6) is -1.27. The first-order valence-electron chi connectivity index (χ1n) is 11.5. The second kappa shape index (κ2) is 10.3. The van der Waals surface area contributed by atoms with E-state index in [2.05, 4.69) is 0 Å². The molecule has 0 saturated carbocycles. The molecule has 1 amide bonds. The average molecular weight is 568 g/mol. The molecule has 0 radical (unpaired) electrons. The van der Waals surface area contributed by atoms with Crippen LogP contribution in [-0.2, 0) is 42.9 Å². The van der Waals surface area contributed by atoms with E-state index in [-0.39, 0.29) is 9.79 Å². The summed E-state index contributed by atoms with van der Waals surface area (Å²) >= 11 is 0. The minimum absolute atomic E-state index is 0.168. The zero-order valence-corrected chi connectivity index (χ0v) is 22.4. The van der Waals surface area contributed by atoms with Gasteiger partial charge in [-0.05, 0) is 51.1 Å². The molecule has 2 aromatic carbocycles. The topological polar surface area (TPSA) is 133 Å². The third-order valence-electron chi connectivity index (χ3n) is 6.20. The number of hydrogen-bond donors (Lipinski definition) is 0. The number of alkyl halides is 1. The second-order valence-corrected chi connectivity index (χ2v) is 12.5. The van der Waals surface area contributed by atoms with E-state index in [1.54, 1.807) is 26.0 Å². The van der Waals surface area contributed by atoms with Crippen LogP contribution in [0.25, 0.3) is 0 Å². The van der Waals surface area contributed by atoms with Gasteiger partial charge in [-0.2, -0.15) is 16.8 Å². The van der Waals surface area contributed by atoms with Crippen LogP contribution >= 0.6 is 0 Å². The molecule has 38 heavy (non-hydrogen) atoms. The molecular weight excluding hydrogens is 541 g/mol. The van der Waals surface area contributed by atoms with Crippen molar-refractivity contribution in [3.63, 3.8) is 0 Å². The van der Waals surface area contributed by atoms with Crippen LogP contribution in [0.4, 0.5) is 4.39 Å². The molecule has 0 bridgehead atoms. The molecule has 0 N–H and O–H groups in total. The highest BCUT2D eigenvalue weighted by atomic mass is 32.2. The summed E-state index contributed by atoms with van der Waals surface area (Å²) in [4.78, 5) is 24.5. The minimum atomic E-state index is -4.55. The van der Waals surface area contributed by atoms with E-state index in [9.17, 15) is 26.4 Å². The SMILES string of the molecule is Cc1ccc(S(=O)(=O)OC[C@H]2O[C@@H](N3C=CC(=O)CC3=O)[C@](C)(F)[C@@H]2OS(=O)(=O)c2ccc(C)cc2)cc1. The number of benzene rings is 2. The Morgan fingerprint density at radius 3 is 2.00 bits per heavy atom. The van der Waals surface area contributed by atoms with Crippen LogP contribution in [-0.4, -0.2) is 64.1 Å². The lowest BCUT2D eigenvalue weighted by Gasteiger charge is -2.33. The lowest BCUT2D eigenvalue weighted by Crippen LogP contribution is -2.52. The Kier molecular flexibility index (Phi) is 7.60. The maximum Gasteiger partial charge on any atom is 0.297 e. The van der Waals surface area contributed by atoms with Gasteiger partial charge >= 0.3 is 0 Å². The summed E-state index contributed by atoms with van der Waals surface area (Å²) in [6, 6.07) is 11.4. The Labute approximate surface area is 220 Å². The maximum absolute atomic E-state index is 16.3. The van der Waals surface area contributed by atoms with Gasteiger partial charge in [0.15, 0.2) is 17.7 Å². The molecule has 13 heteroatoms. The van der Waals surface area contributed by atoms with E-state index in [1.165, 1.54) is 36.4 Å². The zero-order chi connectivity index (χ0) is 27.9. The van der Waals surface area contributed by atoms with Crippen molar-refractivity contribution < 1.29 is 43.9 Å². The molecule has 10 nitrogen and oxygen atoms in total. The highest BCUT2D eigenvalue weighted by molar-refractivity contribution is 7.87. The molecule has 1 fully saturated rings. The average Bonchev–Trinajstić information content (AvgIpc) is 3.07.